The Morgan fingerprint density at radius 2 is 1.61 bits per heavy atom. The molecule has 0 bridgehead atoms. The number of aromatic hydroxyl groups is 2. The number of hydrogen-bond acceptors (Lipinski definition) is 3. The Kier molecular flexibility index (Phi) is 3.75. The molecule has 2 N–H and O–H groups in total. The van der Waals surface area contributed by atoms with E-state index in [1.54, 1.807) is 24.3 Å². The summed E-state index contributed by atoms with van der Waals surface area (Å²) >= 11 is 11.6. The van der Waals surface area contributed by atoms with Crippen molar-refractivity contribution in [3.05, 3.63) is 52.0 Å². The van der Waals surface area contributed by atoms with Crippen LogP contribution in [0.5, 0.6) is 11.5 Å². The second kappa shape index (κ2) is 5.29. The smallest absolute Gasteiger partial charge is 0.128 e. The first kappa shape index (κ1) is 12.7. The van der Waals surface area contributed by atoms with Crippen molar-refractivity contribution in [2.75, 3.05) is 0 Å². The minimum atomic E-state index is -0.0428. The van der Waals surface area contributed by atoms with E-state index in [1.807, 2.05) is 0 Å². The van der Waals surface area contributed by atoms with Gasteiger partial charge in [-0.3, -0.25) is 4.99 Å². The van der Waals surface area contributed by atoms with Crippen LogP contribution in [-0.2, 0) is 0 Å². The highest BCUT2D eigenvalue weighted by Crippen LogP contribution is 2.28. The number of phenols is 2. The van der Waals surface area contributed by atoms with Crippen molar-refractivity contribution in [2.24, 2.45) is 4.99 Å². The van der Waals surface area contributed by atoms with Crippen LogP contribution in [0.15, 0.2) is 41.4 Å². The van der Waals surface area contributed by atoms with Gasteiger partial charge in [0.05, 0.1) is 21.3 Å². The van der Waals surface area contributed by atoms with E-state index < -0.39 is 0 Å². The van der Waals surface area contributed by atoms with Crippen LogP contribution in [0.1, 0.15) is 5.56 Å². The lowest BCUT2D eigenvalue weighted by atomic mass is 10.2. The lowest BCUT2D eigenvalue weighted by Crippen LogP contribution is -1.83. The molecular weight excluding hydrogens is 273 g/mol. The summed E-state index contributed by atoms with van der Waals surface area (Å²) in [6, 6.07) is 9.38. The van der Waals surface area contributed by atoms with Crippen LogP contribution >= 0.6 is 23.2 Å². The Morgan fingerprint density at radius 1 is 0.944 bits per heavy atom. The van der Waals surface area contributed by atoms with Gasteiger partial charge in [0.15, 0.2) is 0 Å². The zero-order chi connectivity index (χ0) is 13.1. The fourth-order valence-electron chi connectivity index (χ4n) is 1.38. The van der Waals surface area contributed by atoms with Gasteiger partial charge < -0.3 is 10.2 Å². The molecule has 0 fully saturated rings. The Morgan fingerprint density at radius 3 is 2.22 bits per heavy atom. The van der Waals surface area contributed by atoms with Crippen LogP contribution in [0.25, 0.3) is 0 Å². The highest BCUT2D eigenvalue weighted by Gasteiger charge is 2.03. The molecule has 0 aliphatic rings. The molecule has 0 amide bonds. The first-order valence-corrected chi connectivity index (χ1v) is 5.83. The molecule has 0 aliphatic heterocycles. The van der Waals surface area contributed by atoms with Crippen LogP contribution in [0.3, 0.4) is 0 Å². The summed E-state index contributed by atoms with van der Waals surface area (Å²) in [7, 11) is 0. The van der Waals surface area contributed by atoms with Crippen LogP contribution in [0.2, 0.25) is 10.0 Å². The molecule has 0 unspecified atom stereocenters. The van der Waals surface area contributed by atoms with Crippen molar-refractivity contribution in [3.63, 3.8) is 0 Å². The fraction of sp³-hybridized carbons (Fsp3) is 0. The third kappa shape index (κ3) is 2.75. The Labute approximate surface area is 114 Å². The predicted molar refractivity (Wildman–Crippen MR) is 73.5 cm³/mol. The second-order valence-electron chi connectivity index (χ2n) is 3.57. The third-order valence-electron chi connectivity index (χ3n) is 2.31. The van der Waals surface area contributed by atoms with E-state index in [0.29, 0.717) is 15.7 Å². The quantitative estimate of drug-likeness (QED) is 0.813. The molecule has 0 atom stereocenters. The number of hydrogen-bond donors (Lipinski definition) is 2. The standard InChI is InChI=1S/C13H9Cl2NO2/c14-10-5-4-8(6-11(10)15)16-7-9-12(17)2-1-3-13(9)18/h1-7,17-18H/b16-7+. The van der Waals surface area contributed by atoms with Crippen LogP contribution in [-0.4, -0.2) is 16.4 Å². The molecule has 0 heterocycles. The average molecular weight is 282 g/mol. The number of phenolic OH excluding ortho intramolecular Hbond substituents is 2. The van der Waals surface area contributed by atoms with Gasteiger partial charge in [0.25, 0.3) is 0 Å². The molecule has 2 aromatic rings. The maximum atomic E-state index is 9.57. The maximum absolute atomic E-state index is 9.57. The molecule has 0 aliphatic carbocycles. The molecule has 0 spiro atoms. The summed E-state index contributed by atoms with van der Waals surface area (Å²) in [6.07, 6.45) is 1.37. The summed E-state index contributed by atoms with van der Waals surface area (Å²) in [5, 5.41) is 20.0. The zero-order valence-electron chi connectivity index (χ0n) is 9.14. The Hall–Kier alpha value is -1.71. The lowest BCUT2D eigenvalue weighted by molar-refractivity contribution is 0.449. The topological polar surface area (TPSA) is 52.8 Å². The summed E-state index contributed by atoms with van der Waals surface area (Å²) in [6.45, 7) is 0. The normalized spacial score (nSPS) is 11.0. The number of halogens is 2. The Bertz CT molecular complexity index is 592. The molecule has 2 aromatic carbocycles. The van der Waals surface area contributed by atoms with Gasteiger partial charge in [0.1, 0.15) is 11.5 Å². The van der Waals surface area contributed by atoms with Gasteiger partial charge in [-0.05, 0) is 30.3 Å². The molecule has 92 valence electrons. The van der Waals surface area contributed by atoms with Crippen molar-refractivity contribution in [1.82, 2.24) is 0 Å². The number of aliphatic imine (C=N–C) groups is 1. The van der Waals surface area contributed by atoms with E-state index in [-0.39, 0.29) is 17.1 Å². The summed E-state index contributed by atoms with van der Waals surface area (Å²) < 4.78 is 0. The molecule has 0 aromatic heterocycles. The molecule has 2 rings (SSSR count). The molecular formula is C13H9Cl2NO2. The molecule has 0 saturated heterocycles. The summed E-state index contributed by atoms with van der Waals surface area (Å²) in [4.78, 5) is 4.11. The van der Waals surface area contributed by atoms with Gasteiger partial charge in [0.2, 0.25) is 0 Å². The van der Waals surface area contributed by atoms with Crippen LogP contribution in [0.4, 0.5) is 5.69 Å². The van der Waals surface area contributed by atoms with E-state index in [2.05, 4.69) is 4.99 Å². The summed E-state index contributed by atoms with van der Waals surface area (Å²) in [5.41, 5.74) is 0.829. The molecule has 0 radical (unpaired) electrons. The predicted octanol–water partition coefficient (Wildman–Crippen LogP) is 4.16. The highest BCUT2D eigenvalue weighted by atomic mass is 35.5. The van der Waals surface area contributed by atoms with Crippen molar-refractivity contribution in [3.8, 4) is 11.5 Å². The SMILES string of the molecule is Oc1cccc(O)c1/C=N/c1ccc(Cl)c(Cl)c1. The van der Waals surface area contributed by atoms with E-state index in [1.165, 1.54) is 18.3 Å². The van der Waals surface area contributed by atoms with E-state index >= 15 is 0 Å². The number of rotatable bonds is 2. The molecule has 5 heteroatoms. The monoisotopic (exact) mass is 281 g/mol. The molecule has 3 nitrogen and oxygen atoms in total. The fourth-order valence-corrected chi connectivity index (χ4v) is 1.67. The minimum Gasteiger partial charge on any atom is -0.507 e. The van der Waals surface area contributed by atoms with Gasteiger partial charge in [-0.15, -0.1) is 0 Å². The van der Waals surface area contributed by atoms with Crippen molar-refractivity contribution < 1.29 is 10.2 Å². The van der Waals surface area contributed by atoms with E-state index in [4.69, 9.17) is 23.2 Å². The van der Waals surface area contributed by atoms with E-state index in [9.17, 15) is 10.2 Å². The largest absolute Gasteiger partial charge is 0.507 e. The molecule has 0 saturated carbocycles. The summed E-state index contributed by atoms with van der Waals surface area (Å²) in [5.74, 6) is -0.0855. The second-order valence-corrected chi connectivity index (χ2v) is 4.38. The van der Waals surface area contributed by atoms with Gasteiger partial charge in [0, 0.05) is 6.21 Å². The average Bonchev–Trinajstić information content (AvgIpc) is 2.33. The third-order valence-corrected chi connectivity index (χ3v) is 3.05. The molecule has 18 heavy (non-hydrogen) atoms. The first-order chi connectivity index (χ1) is 8.58. The Balaban J connectivity index is 2.33. The minimum absolute atomic E-state index is 0.0428. The van der Waals surface area contributed by atoms with Gasteiger partial charge in [-0.2, -0.15) is 0 Å². The number of nitrogens with zero attached hydrogens (tertiary/aromatic N) is 1. The van der Waals surface area contributed by atoms with E-state index in [0.717, 1.165) is 0 Å². The zero-order valence-corrected chi connectivity index (χ0v) is 10.7. The van der Waals surface area contributed by atoms with Gasteiger partial charge in [-0.1, -0.05) is 29.3 Å². The van der Waals surface area contributed by atoms with Gasteiger partial charge in [-0.25, -0.2) is 0 Å². The first-order valence-electron chi connectivity index (χ1n) is 5.08. The number of benzene rings is 2. The van der Waals surface area contributed by atoms with Crippen molar-refractivity contribution in [1.29, 1.82) is 0 Å². The van der Waals surface area contributed by atoms with Crippen LogP contribution in [0, 0.1) is 0 Å². The lowest BCUT2D eigenvalue weighted by Gasteiger charge is -2.01. The van der Waals surface area contributed by atoms with Crippen molar-refractivity contribution in [2.45, 2.75) is 0 Å². The van der Waals surface area contributed by atoms with Crippen molar-refractivity contribution >= 4 is 35.1 Å². The highest BCUT2D eigenvalue weighted by molar-refractivity contribution is 6.42. The van der Waals surface area contributed by atoms with Gasteiger partial charge >= 0.3 is 0 Å². The van der Waals surface area contributed by atoms with Crippen LogP contribution < -0.4 is 0 Å². The maximum Gasteiger partial charge on any atom is 0.128 e.